The molecule has 1 spiro atoms. The third kappa shape index (κ3) is 4.32. The highest BCUT2D eigenvalue weighted by Crippen LogP contribution is 2.54. The number of allylic oxidation sites excluding steroid dienone is 1. The molecule has 3 aliphatic heterocycles. The minimum Gasteiger partial charge on any atom is -0.381 e. The van der Waals surface area contributed by atoms with Gasteiger partial charge in [0.05, 0.1) is 18.3 Å². The fraction of sp³-hybridized carbons (Fsp3) is 0.857. The Labute approximate surface area is 158 Å². The molecule has 0 radical (unpaired) electrons. The number of likely N-dealkylation sites (tertiary alicyclic amines) is 1. The first-order chi connectivity index (χ1) is 12.6. The Balaban J connectivity index is 1.48. The summed E-state index contributed by atoms with van der Waals surface area (Å²) in [4.78, 5) is 14.6. The van der Waals surface area contributed by atoms with Crippen molar-refractivity contribution in [3.63, 3.8) is 0 Å². The number of carbonyl (C=O) groups is 1. The number of amides is 1. The van der Waals surface area contributed by atoms with Crippen molar-refractivity contribution in [2.45, 2.75) is 64.6 Å². The SMILES string of the molecule is CCOCCC(=O)NC[C@H]1[C@H]2CN(CC/C=C(\C)CC)C[C@]23CC[C@H]1O3. The maximum absolute atomic E-state index is 12.0. The molecular weight excluding hydrogens is 328 g/mol. The summed E-state index contributed by atoms with van der Waals surface area (Å²) in [6.07, 6.45) is 7.79. The molecule has 3 heterocycles. The normalized spacial score (nSPS) is 33.7. The predicted octanol–water partition coefficient (Wildman–Crippen LogP) is 2.76. The van der Waals surface area contributed by atoms with Crippen molar-refractivity contribution in [1.82, 2.24) is 10.2 Å². The van der Waals surface area contributed by atoms with Crippen LogP contribution >= 0.6 is 0 Å². The Morgan fingerprint density at radius 2 is 2.27 bits per heavy atom. The zero-order valence-electron chi connectivity index (χ0n) is 16.8. The van der Waals surface area contributed by atoms with Crippen molar-refractivity contribution in [3.8, 4) is 0 Å². The van der Waals surface area contributed by atoms with Crippen LogP contribution in [0.5, 0.6) is 0 Å². The van der Waals surface area contributed by atoms with E-state index in [0.29, 0.717) is 37.6 Å². The van der Waals surface area contributed by atoms with Gasteiger partial charge < -0.3 is 14.8 Å². The van der Waals surface area contributed by atoms with Gasteiger partial charge in [0.25, 0.3) is 0 Å². The van der Waals surface area contributed by atoms with E-state index >= 15 is 0 Å². The number of hydrogen-bond acceptors (Lipinski definition) is 4. The van der Waals surface area contributed by atoms with E-state index in [2.05, 4.69) is 30.1 Å². The first-order valence-electron chi connectivity index (χ1n) is 10.5. The van der Waals surface area contributed by atoms with Gasteiger partial charge in [-0.15, -0.1) is 0 Å². The molecule has 1 amide bonds. The fourth-order valence-electron chi connectivity index (χ4n) is 5.00. The number of fused-ring (bicyclic) bond motifs is 1. The Morgan fingerprint density at radius 1 is 1.42 bits per heavy atom. The van der Waals surface area contributed by atoms with Crippen LogP contribution in [0, 0.1) is 11.8 Å². The average molecular weight is 365 g/mol. The lowest BCUT2D eigenvalue weighted by Gasteiger charge is -2.29. The Bertz CT molecular complexity index is 521. The van der Waals surface area contributed by atoms with Crippen LogP contribution in [0.25, 0.3) is 0 Å². The van der Waals surface area contributed by atoms with Crippen LogP contribution in [0.15, 0.2) is 11.6 Å². The van der Waals surface area contributed by atoms with Crippen molar-refractivity contribution in [2.24, 2.45) is 11.8 Å². The summed E-state index contributed by atoms with van der Waals surface area (Å²) in [5.74, 6) is 1.15. The number of ether oxygens (including phenoxy) is 2. The minimum atomic E-state index is 0.0644. The average Bonchev–Trinajstić information content (AvgIpc) is 3.28. The molecular formula is C21H36N2O3. The van der Waals surface area contributed by atoms with E-state index in [0.717, 1.165) is 45.4 Å². The van der Waals surface area contributed by atoms with E-state index in [1.54, 1.807) is 0 Å². The molecule has 3 fully saturated rings. The molecule has 3 saturated heterocycles. The molecule has 0 aromatic carbocycles. The molecule has 0 unspecified atom stereocenters. The summed E-state index contributed by atoms with van der Waals surface area (Å²) in [7, 11) is 0. The van der Waals surface area contributed by atoms with Gasteiger partial charge in [0, 0.05) is 51.0 Å². The summed E-state index contributed by atoms with van der Waals surface area (Å²) >= 11 is 0. The number of carbonyl (C=O) groups excluding carboxylic acids is 1. The van der Waals surface area contributed by atoms with Gasteiger partial charge in [-0.3, -0.25) is 9.69 Å². The predicted molar refractivity (Wildman–Crippen MR) is 103 cm³/mol. The lowest BCUT2D eigenvalue weighted by molar-refractivity contribution is -0.122. The third-order valence-corrected chi connectivity index (χ3v) is 6.56. The summed E-state index contributed by atoms with van der Waals surface area (Å²) in [5.41, 5.74) is 1.54. The van der Waals surface area contributed by atoms with Crippen LogP contribution in [-0.2, 0) is 14.3 Å². The second-order valence-corrected chi connectivity index (χ2v) is 8.21. The monoisotopic (exact) mass is 364 g/mol. The molecule has 5 heteroatoms. The van der Waals surface area contributed by atoms with Crippen LogP contribution in [0.4, 0.5) is 0 Å². The minimum absolute atomic E-state index is 0.0644. The quantitative estimate of drug-likeness (QED) is 0.478. The van der Waals surface area contributed by atoms with Crippen LogP contribution in [0.1, 0.15) is 52.9 Å². The van der Waals surface area contributed by atoms with Crippen molar-refractivity contribution in [2.75, 3.05) is 39.4 Å². The largest absolute Gasteiger partial charge is 0.381 e. The smallest absolute Gasteiger partial charge is 0.222 e. The molecule has 5 nitrogen and oxygen atoms in total. The summed E-state index contributed by atoms with van der Waals surface area (Å²) in [5, 5.41) is 3.13. The van der Waals surface area contributed by atoms with Gasteiger partial charge >= 0.3 is 0 Å². The maximum atomic E-state index is 12.0. The highest BCUT2D eigenvalue weighted by molar-refractivity contribution is 5.75. The van der Waals surface area contributed by atoms with Crippen molar-refractivity contribution < 1.29 is 14.3 Å². The van der Waals surface area contributed by atoms with E-state index in [-0.39, 0.29) is 11.5 Å². The molecule has 148 valence electrons. The molecule has 3 aliphatic rings. The van der Waals surface area contributed by atoms with Crippen molar-refractivity contribution in [1.29, 1.82) is 0 Å². The van der Waals surface area contributed by atoms with Gasteiger partial charge in [0.2, 0.25) is 5.91 Å². The fourth-order valence-corrected chi connectivity index (χ4v) is 5.00. The van der Waals surface area contributed by atoms with Crippen LogP contribution in [0.2, 0.25) is 0 Å². The first-order valence-corrected chi connectivity index (χ1v) is 10.5. The van der Waals surface area contributed by atoms with Crippen LogP contribution in [-0.4, -0.2) is 61.9 Å². The van der Waals surface area contributed by atoms with E-state index in [9.17, 15) is 4.79 Å². The van der Waals surface area contributed by atoms with Gasteiger partial charge in [0.15, 0.2) is 0 Å². The van der Waals surface area contributed by atoms with Crippen molar-refractivity contribution in [3.05, 3.63) is 11.6 Å². The summed E-state index contributed by atoms with van der Waals surface area (Å²) < 4.78 is 11.7. The van der Waals surface area contributed by atoms with Gasteiger partial charge in [-0.1, -0.05) is 18.6 Å². The molecule has 0 aliphatic carbocycles. The maximum Gasteiger partial charge on any atom is 0.222 e. The topological polar surface area (TPSA) is 50.8 Å². The van der Waals surface area contributed by atoms with Crippen LogP contribution in [0.3, 0.4) is 0 Å². The Morgan fingerprint density at radius 3 is 3.04 bits per heavy atom. The molecule has 2 bridgehead atoms. The van der Waals surface area contributed by atoms with Gasteiger partial charge in [0.1, 0.15) is 0 Å². The molecule has 0 aromatic heterocycles. The number of rotatable bonds is 10. The lowest BCUT2D eigenvalue weighted by atomic mass is 9.73. The summed E-state index contributed by atoms with van der Waals surface area (Å²) in [6.45, 7) is 11.6. The Kier molecular flexibility index (Phi) is 6.76. The number of nitrogens with one attached hydrogen (secondary N) is 1. The second-order valence-electron chi connectivity index (χ2n) is 8.21. The summed E-state index contributed by atoms with van der Waals surface area (Å²) in [6, 6.07) is 0. The molecule has 0 aromatic rings. The molecule has 4 atom stereocenters. The van der Waals surface area contributed by atoms with Crippen molar-refractivity contribution >= 4 is 5.91 Å². The lowest BCUT2D eigenvalue weighted by Crippen LogP contribution is -2.42. The zero-order chi connectivity index (χ0) is 18.6. The van der Waals surface area contributed by atoms with E-state index in [1.807, 2.05) is 6.92 Å². The molecule has 0 saturated carbocycles. The third-order valence-electron chi connectivity index (χ3n) is 6.56. The Hall–Kier alpha value is -0.910. The van der Waals surface area contributed by atoms with Gasteiger partial charge in [-0.25, -0.2) is 0 Å². The van der Waals surface area contributed by atoms with Crippen LogP contribution < -0.4 is 5.32 Å². The van der Waals surface area contributed by atoms with Gasteiger partial charge in [-0.2, -0.15) is 0 Å². The van der Waals surface area contributed by atoms with E-state index in [4.69, 9.17) is 9.47 Å². The highest BCUT2D eigenvalue weighted by atomic mass is 16.5. The van der Waals surface area contributed by atoms with Gasteiger partial charge in [-0.05, 0) is 39.5 Å². The standard InChI is InChI=1S/C21H36N2O3/c1-4-16(3)7-6-11-23-14-18-17(13-22-20(24)9-12-25-5-2)19-8-10-21(18,15-23)26-19/h7,17-19H,4-6,8-15H2,1-3H3,(H,22,24)/b16-7+/t17-,18+,19+,21+/m0/s1. The number of hydrogen-bond donors (Lipinski definition) is 1. The highest BCUT2D eigenvalue weighted by Gasteiger charge is 2.62. The second kappa shape index (κ2) is 8.85. The first kappa shape index (κ1) is 19.8. The van der Waals surface area contributed by atoms with E-state index < -0.39 is 0 Å². The molecule has 3 rings (SSSR count). The number of nitrogens with zero attached hydrogens (tertiary/aromatic N) is 1. The molecule has 26 heavy (non-hydrogen) atoms. The molecule has 1 N–H and O–H groups in total. The zero-order valence-corrected chi connectivity index (χ0v) is 16.8. The van der Waals surface area contributed by atoms with E-state index in [1.165, 1.54) is 12.0 Å².